The van der Waals surface area contributed by atoms with E-state index in [1.54, 1.807) is 0 Å². The van der Waals surface area contributed by atoms with Crippen molar-refractivity contribution in [1.29, 1.82) is 0 Å². The molecular weight excluding hydrogens is 439 g/mol. The van der Waals surface area contributed by atoms with E-state index in [-0.39, 0.29) is 29.6 Å². The van der Waals surface area contributed by atoms with Gasteiger partial charge >= 0.3 is 57.0 Å². The zero-order valence-corrected chi connectivity index (χ0v) is 16.6. The van der Waals surface area contributed by atoms with Crippen molar-refractivity contribution in [2.75, 3.05) is 0 Å². The van der Waals surface area contributed by atoms with Crippen LogP contribution in [0, 0.1) is 0 Å². The van der Waals surface area contributed by atoms with Crippen molar-refractivity contribution >= 4 is 66.1 Å². The summed E-state index contributed by atoms with van der Waals surface area (Å²) >= 11 is 0. The second-order valence-electron chi connectivity index (χ2n) is 1.90. The Balaban J connectivity index is -0.000000277. The molecule has 0 saturated heterocycles. The SMILES string of the molecule is O=S(=O)(O)SS(=O)(=O)O.O=S(=O)([O-])SSS(=O)(=O)O.[Na+]. The van der Waals surface area contributed by atoms with Gasteiger partial charge in [0.25, 0.3) is 0 Å². The first-order valence-corrected chi connectivity index (χ1v) is 13.6. The third-order valence-electron chi connectivity index (χ3n) is 0.369. The van der Waals surface area contributed by atoms with E-state index in [4.69, 9.17) is 13.7 Å². The molecular formula is H3NaO12S7. The van der Waals surface area contributed by atoms with Crippen molar-refractivity contribution in [3.63, 3.8) is 0 Å². The summed E-state index contributed by atoms with van der Waals surface area (Å²) in [5, 5.41) is 0. The summed E-state index contributed by atoms with van der Waals surface area (Å²) in [6, 6.07) is 0. The van der Waals surface area contributed by atoms with E-state index in [0.717, 1.165) is 0 Å². The molecule has 12 nitrogen and oxygen atoms in total. The molecule has 0 heterocycles. The molecule has 20 heteroatoms. The van der Waals surface area contributed by atoms with Crippen LogP contribution >= 0.6 is 29.5 Å². The Labute approximate surface area is 146 Å². The predicted molar refractivity (Wildman–Crippen MR) is 67.1 cm³/mol. The van der Waals surface area contributed by atoms with Gasteiger partial charge in [-0.05, 0) is 0 Å². The van der Waals surface area contributed by atoms with Crippen LogP contribution in [0.3, 0.4) is 0 Å². The molecule has 0 atom stereocenters. The molecule has 0 aromatic rings. The third kappa shape index (κ3) is 31.9. The molecule has 0 radical (unpaired) electrons. The van der Waals surface area contributed by atoms with Crippen LogP contribution in [0.15, 0.2) is 0 Å². The van der Waals surface area contributed by atoms with Crippen molar-refractivity contribution in [2.24, 2.45) is 0 Å². The zero-order valence-electron chi connectivity index (χ0n) is 8.87. The van der Waals surface area contributed by atoms with Crippen LogP contribution in [-0.2, 0) is 36.6 Å². The number of hydrogen-bond acceptors (Lipinski definition) is 12. The molecule has 0 saturated carbocycles. The minimum atomic E-state index is -4.70. The minimum Gasteiger partial charge on any atom is -0.739 e. The number of rotatable bonds is 5. The monoisotopic (exact) mass is 442 g/mol. The zero-order chi connectivity index (χ0) is 16.1. The van der Waals surface area contributed by atoms with Gasteiger partial charge in [-0.15, -0.1) is 0 Å². The molecule has 0 aromatic heterocycles. The maximum atomic E-state index is 9.77. The summed E-state index contributed by atoms with van der Waals surface area (Å²) < 4.78 is 111. The van der Waals surface area contributed by atoms with Crippen molar-refractivity contribution in [3.05, 3.63) is 0 Å². The molecule has 0 amide bonds. The van der Waals surface area contributed by atoms with Gasteiger partial charge < -0.3 is 4.55 Å². The first-order chi connectivity index (χ1) is 7.91. The minimum absolute atomic E-state index is 0. The fraction of sp³-hybridized carbons (Fsp3) is 0. The van der Waals surface area contributed by atoms with Crippen molar-refractivity contribution < 1.29 is 81.4 Å². The van der Waals surface area contributed by atoms with Gasteiger partial charge in [0, 0.05) is 9.83 Å². The molecule has 118 valence electrons. The molecule has 0 aliphatic heterocycles. The Kier molecular flexibility index (Phi) is 13.0. The van der Waals surface area contributed by atoms with Gasteiger partial charge in [-0.1, -0.05) is 0 Å². The normalized spacial score (nSPS) is 12.8. The molecule has 0 aliphatic carbocycles. The average molecular weight is 442 g/mol. The smallest absolute Gasteiger partial charge is 0.739 e. The molecule has 0 spiro atoms. The van der Waals surface area contributed by atoms with Gasteiger partial charge in [0.1, 0.15) is 0 Å². The van der Waals surface area contributed by atoms with E-state index in [1.807, 2.05) is 0 Å². The van der Waals surface area contributed by atoms with E-state index in [9.17, 15) is 38.2 Å². The molecule has 20 heavy (non-hydrogen) atoms. The Hall–Kier alpha value is 1.69. The fourth-order valence-corrected chi connectivity index (χ4v) is 8.53. The topological polar surface area (TPSA) is 220 Å². The van der Waals surface area contributed by atoms with Gasteiger partial charge in [0.15, 0.2) is 19.0 Å². The molecule has 3 N–H and O–H groups in total. The first-order valence-electron chi connectivity index (χ1n) is 2.88. The predicted octanol–water partition coefficient (Wildman–Crippen LogP) is -4.04. The van der Waals surface area contributed by atoms with E-state index in [1.165, 1.54) is 0 Å². The summed E-state index contributed by atoms with van der Waals surface area (Å²) in [6.07, 6.45) is 0. The summed E-state index contributed by atoms with van der Waals surface area (Å²) in [5.41, 5.74) is 0. The Bertz CT molecular complexity index is 611. The second kappa shape index (κ2) is 9.75. The van der Waals surface area contributed by atoms with E-state index in [0.29, 0.717) is 0 Å². The third-order valence-corrected chi connectivity index (χ3v) is 11.5. The Morgan fingerprint density at radius 2 is 0.950 bits per heavy atom. The molecule has 0 unspecified atom stereocenters. The van der Waals surface area contributed by atoms with Crippen molar-refractivity contribution in [3.8, 4) is 0 Å². The maximum absolute atomic E-state index is 9.77. The molecule has 0 fully saturated rings. The van der Waals surface area contributed by atoms with E-state index >= 15 is 0 Å². The van der Waals surface area contributed by atoms with Crippen LogP contribution in [0.5, 0.6) is 0 Å². The summed E-state index contributed by atoms with van der Waals surface area (Å²) in [6.45, 7) is 0. The van der Waals surface area contributed by atoms with Crippen molar-refractivity contribution in [2.45, 2.75) is 0 Å². The van der Waals surface area contributed by atoms with Gasteiger partial charge in [-0.3, -0.25) is 13.7 Å². The fourth-order valence-electron chi connectivity index (χ4n) is 0.178. The summed E-state index contributed by atoms with van der Waals surface area (Å²) in [4.78, 5) is 0. The van der Waals surface area contributed by atoms with Crippen LogP contribution in [0.25, 0.3) is 0 Å². The summed E-state index contributed by atoms with van der Waals surface area (Å²) in [5.74, 6) is 0. The first kappa shape index (κ1) is 26.6. The Morgan fingerprint density at radius 3 is 1.00 bits per heavy atom. The van der Waals surface area contributed by atoms with E-state index in [2.05, 4.69) is 0 Å². The van der Waals surface area contributed by atoms with E-state index < -0.39 is 66.1 Å². The van der Waals surface area contributed by atoms with Crippen LogP contribution < -0.4 is 29.6 Å². The van der Waals surface area contributed by atoms with Crippen molar-refractivity contribution in [1.82, 2.24) is 0 Å². The molecule has 0 bridgehead atoms. The standard InChI is InChI=1S/Na.H2O6S4.H2O6S3/c;1-9(2,3)7-8-10(4,5)6;1-8(2,3)7-9(4,5)6/h;(H,1,2,3)(H,4,5,6);(H,1,2,3)(H,4,5,6)/q+1;;/p-1. The van der Waals surface area contributed by atoms with Gasteiger partial charge in [0.05, 0.1) is 9.83 Å². The van der Waals surface area contributed by atoms with Gasteiger partial charge in [-0.25, -0.2) is 8.42 Å². The molecule has 0 aliphatic rings. The van der Waals surface area contributed by atoms with Crippen LogP contribution in [-0.4, -0.2) is 51.9 Å². The number of hydrogen-bond donors (Lipinski definition) is 3. The van der Waals surface area contributed by atoms with Gasteiger partial charge in [-0.2, -0.15) is 25.3 Å². The summed E-state index contributed by atoms with van der Waals surface area (Å²) in [7, 11) is -20.3. The maximum Gasteiger partial charge on any atom is 1.00 e. The second-order valence-corrected chi connectivity index (χ2v) is 15.6. The van der Waals surface area contributed by atoms with Crippen LogP contribution in [0.2, 0.25) is 0 Å². The van der Waals surface area contributed by atoms with Crippen LogP contribution in [0.4, 0.5) is 0 Å². The van der Waals surface area contributed by atoms with Gasteiger partial charge in [0.2, 0.25) is 0 Å². The van der Waals surface area contributed by atoms with Crippen LogP contribution in [0.1, 0.15) is 0 Å². The largest absolute Gasteiger partial charge is 1.00 e. The molecule has 0 rings (SSSR count). The average Bonchev–Trinajstić information content (AvgIpc) is 1.91. The Morgan fingerprint density at radius 1 is 0.650 bits per heavy atom. The quantitative estimate of drug-likeness (QED) is 0.209. The molecule has 0 aromatic carbocycles.